The lowest BCUT2D eigenvalue weighted by atomic mass is 10.1. The second-order valence-electron chi connectivity index (χ2n) is 4.28. The molecule has 0 aliphatic carbocycles. The Bertz CT molecular complexity index is 510. The van der Waals surface area contributed by atoms with Crippen molar-refractivity contribution >= 4 is 27.5 Å². The Kier molecular flexibility index (Phi) is 4.81. The molecule has 0 radical (unpaired) electrons. The summed E-state index contributed by atoms with van der Waals surface area (Å²) in [6.07, 6.45) is 0. The highest BCUT2D eigenvalue weighted by molar-refractivity contribution is 9.10. The van der Waals surface area contributed by atoms with Gasteiger partial charge in [0.15, 0.2) is 0 Å². The van der Waals surface area contributed by atoms with Crippen LogP contribution in [-0.2, 0) is 6.54 Å². The minimum atomic E-state index is 0.318. The Morgan fingerprint density at radius 2 is 1.89 bits per heavy atom. The van der Waals surface area contributed by atoms with Gasteiger partial charge in [0.25, 0.3) is 0 Å². The number of halogens is 2. The van der Waals surface area contributed by atoms with Crippen LogP contribution in [0.4, 0.5) is 0 Å². The highest BCUT2D eigenvalue weighted by atomic mass is 79.9. The van der Waals surface area contributed by atoms with E-state index in [0.717, 1.165) is 16.0 Å². The van der Waals surface area contributed by atoms with Crippen molar-refractivity contribution in [3.8, 4) is 0 Å². The van der Waals surface area contributed by atoms with Gasteiger partial charge in [0.1, 0.15) is 0 Å². The molecule has 0 aliphatic rings. The van der Waals surface area contributed by atoms with Crippen molar-refractivity contribution < 1.29 is 0 Å². The van der Waals surface area contributed by atoms with Crippen molar-refractivity contribution in [2.45, 2.75) is 19.5 Å². The zero-order valence-corrected chi connectivity index (χ0v) is 12.5. The van der Waals surface area contributed by atoms with Gasteiger partial charge in [-0.05, 0) is 42.3 Å². The Balaban J connectivity index is 1.96. The first-order chi connectivity index (χ1) is 8.65. The normalized spacial score (nSPS) is 12.4. The molecular formula is C15H15BrClN. The molecule has 94 valence electrons. The molecule has 0 saturated heterocycles. The van der Waals surface area contributed by atoms with Gasteiger partial charge >= 0.3 is 0 Å². The van der Waals surface area contributed by atoms with E-state index in [9.17, 15) is 0 Å². The monoisotopic (exact) mass is 323 g/mol. The molecule has 1 atom stereocenters. The summed E-state index contributed by atoms with van der Waals surface area (Å²) >= 11 is 9.35. The fraction of sp³-hybridized carbons (Fsp3) is 0.200. The third-order valence-corrected chi connectivity index (χ3v) is 3.62. The van der Waals surface area contributed by atoms with Crippen LogP contribution < -0.4 is 5.32 Å². The molecule has 0 heterocycles. The summed E-state index contributed by atoms with van der Waals surface area (Å²) in [5.74, 6) is 0. The molecule has 3 heteroatoms. The lowest BCUT2D eigenvalue weighted by molar-refractivity contribution is 0.574. The maximum Gasteiger partial charge on any atom is 0.0406 e. The van der Waals surface area contributed by atoms with Crippen LogP contribution in [0.2, 0.25) is 5.02 Å². The van der Waals surface area contributed by atoms with E-state index in [1.807, 2.05) is 30.3 Å². The molecule has 1 nitrogen and oxygen atoms in total. The summed E-state index contributed by atoms with van der Waals surface area (Å²) in [5.41, 5.74) is 2.51. The van der Waals surface area contributed by atoms with E-state index in [-0.39, 0.29) is 0 Å². The number of rotatable bonds is 4. The molecule has 0 bridgehead atoms. The number of benzene rings is 2. The Morgan fingerprint density at radius 3 is 2.56 bits per heavy atom. The predicted molar refractivity (Wildman–Crippen MR) is 80.8 cm³/mol. The molecule has 0 amide bonds. The third-order valence-electron chi connectivity index (χ3n) is 2.87. The number of hydrogen-bond acceptors (Lipinski definition) is 1. The quantitative estimate of drug-likeness (QED) is 0.838. The minimum Gasteiger partial charge on any atom is -0.306 e. The summed E-state index contributed by atoms with van der Waals surface area (Å²) in [5, 5.41) is 4.27. The first-order valence-corrected chi connectivity index (χ1v) is 7.05. The van der Waals surface area contributed by atoms with Crippen LogP contribution in [0.15, 0.2) is 53.0 Å². The second kappa shape index (κ2) is 6.37. The first-order valence-electron chi connectivity index (χ1n) is 5.88. The van der Waals surface area contributed by atoms with Crippen molar-refractivity contribution in [2.24, 2.45) is 0 Å². The lowest BCUT2D eigenvalue weighted by Crippen LogP contribution is -2.17. The van der Waals surface area contributed by atoms with Crippen LogP contribution in [0.3, 0.4) is 0 Å². The van der Waals surface area contributed by atoms with Gasteiger partial charge in [-0.3, -0.25) is 0 Å². The highest BCUT2D eigenvalue weighted by Crippen LogP contribution is 2.18. The number of nitrogens with one attached hydrogen (secondary N) is 1. The Labute approximate surface area is 121 Å². The standard InChI is InChI=1S/C15H15BrClN/c1-11(13-3-2-4-14(16)9-13)18-10-12-5-7-15(17)8-6-12/h2-9,11,18H,10H2,1H3/t11-/m0/s1. The molecule has 0 aromatic heterocycles. The topological polar surface area (TPSA) is 12.0 Å². The molecule has 2 aromatic rings. The lowest BCUT2D eigenvalue weighted by Gasteiger charge is -2.14. The average Bonchev–Trinajstić information content (AvgIpc) is 2.38. The van der Waals surface area contributed by atoms with E-state index < -0.39 is 0 Å². The van der Waals surface area contributed by atoms with E-state index in [1.165, 1.54) is 11.1 Å². The maximum atomic E-state index is 5.86. The fourth-order valence-corrected chi connectivity index (χ4v) is 2.31. The van der Waals surface area contributed by atoms with Crippen LogP contribution in [0.1, 0.15) is 24.1 Å². The molecule has 2 aromatic carbocycles. The van der Waals surface area contributed by atoms with Crippen LogP contribution in [0, 0.1) is 0 Å². The summed E-state index contributed by atoms with van der Waals surface area (Å²) in [4.78, 5) is 0. The van der Waals surface area contributed by atoms with Gasteiger partial charge < -0.3 is 5.32 Å². The van der Waals surface area contributed by atoms with Crippen molar-refractivity contribution in [2.75, 3.05) is 0 Å². The van der Waals surface area contributed by atoms with Crippen molar-refractivity contribution in [1.29, 1.82) is 0 Å². The summed E-state index contributed by atoms with van der Waals surface area (Å²) in [7, 11) is 0. The summed E-state index contributed by atoms with van der Waals surface area (Å²) in [6.45, 7) is 3.00. The van der Waals surface area contributed by atoms with Gasteiger partial charge in [-0.15, -0.1) is 0 Å². The molecule has 18 heavy (non-hydrogen) atoms. The zero-order chi connectivity index (χ0) is 13.0. The smallest absolute Gasteiger partial charge is 0.0406 e. The Morgan fingerprint density at radius 1 is 1.17 bits per heavy atom. The molecule has 0 spiro atoms. The predicted octanol–water partition coefficient (Wildman–Crippen LogP) is 4.95. The molecule has 1 N–H and O–H groups in total. The van der Waals surface area contributed by atoms with E-state index in [2.05, 4.69) is 46.4 Å². The van der Waals surface area contributed by atoms with Gasteiger partial charge in [0.05, 0.1) is 0 Å². The van der Waals surface area contributed by atoms with E-state index in [4.69, 9.17) is 11.6 Å². The van der Waals surface area contributed by atoms with E-state index >= 15 is 0 Å². The second-order valence-corrected chi connectivity index (χ2v) is 5.64. The van der Waals surface area contributed by atoms with E-state index in [0.29, 0.717) is 6.04 Å². The minimum absolute atomic E-state index is 0.318. The van der Waals surface area contributed by atoms with Crippen LogP contribution in [-0.4, -0.2) is 0 Å². The van der Waals surface area contributed by atoms with E-state index in [1.54, 1.807) is 0 Å². The van der Waals surface area contributed by atoms with Gasteiger partial charge in [0, 0.05) is 22.1 Å². The SMILES string of the molecule is C[C@H](NCc1ccc(Cl)cc1)c1cccc(Br)c1. The van der Waals surface area contributed by atoms with Gasteiger partial charge in [-0.25, -0.2) is 0 Å². The van der Waals surface area contributed by atoms with Gasteiger partial charge in [-0.1, -0.05) is 51.8 Å². The zero-order valence-electron chi connectivity index (χ0n) is 10.2. The highest BCUT2D eigenvalue weighted by Gasteiger charge is 2.04. The largest absolute Gasteiger partial charge is 0.306 e. The first kappa shape index (κ1) is 13.6. The van der Waals surface area contributed by atoms with Gasteiger partial charge in [-0.2, -0.15) is 0 Å². The van der Waals surface area contributed by atoms with Gasteiger partial charge in [0.2, 0.25) is 0 Å². The van der Waals surface area contributed by atoms with Crippen molar-refractivity contribution in [1.82, 2.24) is 5.32 Å². The third kappa shape index (κ3) is 3.84. The molecule has 0 unspecified atom stereocenters. The molecule has 0 saturated carbocycles. The van der Waals surface area contributed by atoms with Crippen molar-refractivity contribution in [3.63, 3.8) is 0 Å². The van der Waals surface area contributed by atoms with Crippen LogP contribution in [0.25, 0.3) is 0 Å². The summed E-state index contributed by atoms with van der Waals surface area (Å²) < 4.78 is 1.11. The Hall–Kier alpha value is -0.830. The number of hydrogen-bond donors (Lipinski definition) is 1. The molecule has 0 fully saturated rings. The molecular weight excluding hydrogens is 310 g/mol. The van der Waals surface area contributed by atoms with Crippen LogP contribution >= 0.6 is 27.5 Å². The van der Waals surface area contributed by atoms with Crippen molar-refractivity contribution in [3.05, 3.63) is 69.2 Å². The molecule has 2 rings (SSSR count). The average molecular weight is 325 g/mol. The fourth-order valence-electron chi connectivity index (χ4n) is 1.77. The molecule has 0 aliphatic heterocycles. The maximum absolute atomic E-state index is 5.86. The van der Waals surface area contributed by atoms with Crippen LogP contribution in [0.5, 0.6) is 0 Å². The summed E-state index contributed by atoms with van der Waals surface area (Å²) in [6, 6.07) is 16.6.